The van der Waals surface area contributed by atoms with E-state index >= 15 is 0 Å². The second-order valence-electron chi connectivity index (χ2n) is 27.1. The van der Waals surface area contributed by atoms with Crippen LogP contribution in [0.1, 0.15) is 294 Å². The van der Waals surface area contributed by atoms with E-state index in [1.807, 2.05) is 62.3 Å². The molecule has 3 fully saturated rings. The van der Waals surface area contributed by atoms with Gasteiger partial charge in [-0.3, -0.25) is 0 Å². The van der Waals surface area contributed by atoms with Crippen LogP contribution >= 0.6 is 0 Å². The van der Waals surface area contributed by atoms with Gasteiger partial charge in [0.1, 0.15) is 33.6 Å². The van der Waals surface area contributed by atoms with Crippen LogP contribution in [0.4, 0.5) is 0 Å². The fourth-order valence-corrected chi connectivity index (χ4v) is 9.63. The number of hydrogen-bond acceptors (Lipinski definition) is 12. The van der Waals surface area contributed by atoms with Crippen molar-refractivity contribution in [1.29, 1.82) is 0 Å². The van der Waals surface area contributed by atoms with Crippen LogP contribution in [0.3, 0.4) is 0 Å². The van der Waals surface area contributed by atoms with Gasteiger partial charge >= 0.3 is 35.8 Å². The topological polar surface area (TPSA) is 158 Å². The van der Waals surface area contributed by atoms with Gasteiger partial charge in [0.05, 0.1) is 0 Å². The lowest BCUT2D eigenvalue weighted by molar-refractivity contribution is -0.167. The molecule has 3 aliphatic rings. The fraction of sp³-hybridized carbons (Fsp3) is 0.750. The molecule has 0 aromatic carbocycles. The first-order valence-electron chi connectivity index (χ1n) is 31.8. The van der Waals surface area contributed by atoms with Crippen molar-refractivity contribution in [2.24, 2.45) is 23.2 Å². The van der Waals surface area contributed by atoms with Crippen molar-refractivity contribution in [3.05, 3.63) is 72.9 Å². The van der Waals surface area contributed by atoms with E-state index in [1.165, 1.54) is 64.2 Å². The Labute approximate surface area is 514 Å². The summed E-state index contributed by atoms with van der Waals surface area (Å²) < 4.78 is 32.9. The first kappa shape index (κ1) is 83.5. The maximum atomic E-state index is 11.7. The molecule has 0 N–H and O–H groups in total. The van der Waals surface area contributed by atoms with Gasteiger partial charge in [-0.15, -0.1) is 0 Å². The van der Waals surface area contributed by atoms with E-state index in [4.69, 9.17) is 28.4 Å². The smallest absolute Gasteiger partial charge is 0.333 e. The van der Waals surface area contributed by atoms with Crippen LogP contribution in [-0.4, -0.2) is 69.4 Å². The minimum atomic E-state index is -0.407. The molecule has 486 valence electrons. The van der Waals surface area contributed by atoms with Gasteiger partial charge in [0.15, 0.2) is 0 Å². The van der Waals surface area contributed by atoms with Gasteiger partial charge in [-0.2, -0.15) is 0 Å². The molecule has 3 rings (SSSR count). The zero-order valence-corrected chi connectivity index (χ0v) is 58.2. The van der Waals surface area contributed by atoms with Crippen LogP contribution in [0.15, 0.2) is 72.9 Å². The number of carbonyl (C=O) groups excluding carboxylic acids is 6. The summed E-state index contributed by atoms with van der Waals surface area (Å²) in [6, 6.07) is 0. The lowest BCUT2D eigenvalue weighted by Gasteiger charge is -2.41. The molecule has 84 heavy (non-hydrogen) atoms. The lowest BCUT2D eigenvalue weighted by Crippen LogP contribution is -2.44. The Morgan fingerprint density at radius 3 is 1.07 bits per heavy atom. The molecule has 3 saturated carbocycles. The average molecular weight is 1180 g/mol. The molecule has 0 aromatic heterocycles. The van der Waals surface area contributed by atoms with Gasteiger partial charge in [0.2, 0.25) is 0 Å². The lowest BCUT2D eigenvalue weighted by atomic mass is 9.75. The van der Waals surface area contributed by atoms with Crippen LogP contribution < -0.4 is 0 Å². The summed E-state index contributed by atoms with van der Waals surface area (Å²) in [5.74, 6) is -0.497. The summed E-state index contributed by atoms with van der Waals surface area (Å²) in [5.41, 5.74) is 0.996. The maximum Gasteiger partial charge on any atom is 0.333 e. The van der Waals surface area contributed by atoms with Crippen molar-refractivity contribution in [2.75, 3.05) is 0 Å². The Morgan fingerprint density at radius 1 is 0.417 bits per heavy atom. The normalized spacial score (nSPS) is 16.0. The highest BCUT2D eigenvalue weighted by atomic mass is 16.6. The molecule has 0 bridgehead atoms. The van der Waals surface area contributed by atoms with Crippen molar-refractivity contribution in [1.82, 2.24) is 0 Å². The molecule has 12 nitrogen and oxygen atoms in total. The molecule has 0 atom stereocenters. The summed E-state index contributed by atoms with van der Waals surface area (Å²) in [4.78, 5) is 68.5. The van der Waals surface area contributed by atoms with Crippen LogP contribution in [0, 0.1) is 23.2 Å². The third-order valence-corrected chi connectivity index (χ3v) is 17.4. The van der Waals surface area contributed by atoms with E-state index in [1.54, 1.807) is 41.5 Å². The highest BCUT2D eigenvalue weighted by molar-refractivity contribution is 5.89. The molecular formula is C72H126O12. The number of esters is 6. The van der Waals surface area contributed by atoms with Gasteiger partial charge in [-0.25, -0.2) is 28.8 Å². The SMILES string of the molecule is C=C(C)C(=O)OC(C)(C(C)C)C(C)C.C=C(C)C(=O)OC(C)(C)C1CCCCC1.C=C(C)C(=O)OC(C)(C)CC.C=C(C)C(=O)OC(CC)(CC)CC.C=C(C)C(=O)OC1(C(C)(C)C)CCCC1.C=C(C)C(=O)OC1(CC)CCCCCCC1. The van der Waals surface area contributed by atoms with Crippen LogP contribution in [-0.2, 0) is 57.2 Å². The molecule has 3 aliphatic carbocycles. The number of ether oxygens (including phenoxy) is 6. The summed E-state index contributed by atoms with van der Waals surface area (Å²) in [5, 5.41) is 0. The number of carbonyl (C=O) groups is 6. The third kappa shape index (κ3) is 31.1. The molecule has 12 heteroatoms. The number of rotatable bonds is 20. The standard InChI is InChI=1S/C14H24O2.2C13H22O2.C12H22O2.C11H20O2.C9H16O2/c1-4-14(16-13(15)12(2)3)10-8-6-5-7-9-11-14;1-10(2)11(14)15-13(12(3,4)5)8-6-7-9-13;1-10(2)12(14)15-13(3,4)11-8-6-5-7-9-11;1-8(2)11(13)14-12(7,9(3)4)10(5)6;1-6-11(7-2,8-3)13-10(12)9(4)5;1-6-9(4,5)11-8(10)7(2)3/h2,4-11H2,1,3H3;1,6-9H2,2-5H3;11H,1,5-9H2,2-4H3;9-10H,1H2,2-7H3;4,6-8H2,1-3,5H3;2,6H2,1,3-5H3. The summed E-state index contributed by atoms with van der Waals surface area (Å²) in [6.07, 6.45) is 23.0. The Morgan fingerprint density at radius 2 is 0.738 bits per heavy atom. The van der Waals surface area contributed by atoms with Crippen molar-refractivity contribution in [2.45, 2.75) is 328 Å². The number of hydrogen-bond donors (Lipinski definition) is 0. The van der Waals surface area contributed by atoms with Crippen LogP contribution in [0.25, 0.3) is 0 Å². The predicted octanol–water partition coefficient (Wildman–Crippen LogP) is 19.5. The largest absolute Gasteiger partial charge is 0.456 e. The first-order valence-corrected chi connectivity index (χ1v) is 31.8. The first-order chi connectivity index (χ1) is 38.4. The third-order valence-electron chi connectivity index (χ3n) is 17.4. The van der Waals surface area contributed by atoms with E-state index in [0.717, 1.165) is 70.6 Å². The van der Waals surface area contributed by atoms with Crippen LogP contribution in [0.2, 0.25) is 0 Å². The molecule has 0 saturated heterocycles. The molecule has 0 heterocycles. The van der Waals surface area contributed by atoms with Crippen molar-refractivity contribution in [3.8, 4) is 0 Å². The fourth-order valence-electron chi connectivity index (χ4n) is 9.63. The Balaban J connectivity index is -0.000000941. The summed E-state index contributed by atoms with van der Waals surface area (Å²) in [7, 11) is 0. The second kappa shape index (κ2) is 39.1. The molecule has 0 unspecified atom stereocenters. The molecule has 0 spiro atoms. The summed E-state index contributed by atoms with van der Waals surface area (Å²) in [6.45, 7) is 66.3. The van der Waals surface area contributed by atoms with Crippen molar-refractivity contribution < 1.29 is 57.2 Å². The van der Waals surface area contributed by atoms with E-state index in [0.29, 0.717) is 51.2 Å². The zero-order chi connectivity index (χ0) is 66.3. The van der Waals surface area contributed by atoms with Gasteiger partial charge in [0, 0.05) is 38.9 Å². The minimum Gasteiger partial charge on any atom is -0.456 e. The van der Waals surface area contributed by atoms with E-state index in [9.17, 15) is 28.8 Å². The van der Waals surface area contributed by atoms with Gasteiger partial charge < -0.3 is 28.4 Å². The van der Waals surface area contributed by atoms with E-state index < -0.39 is 5.60 Å². The Bertz CT molecular complexity index is 2100. The van der Waals surface area contributed by atoms with Gasteiger partial charge in [0.25, 0.3) is 0 Å². The quantitative estimate of drug-likeness (QED) is 0.0646. The van der Waals surface area contributed by atoms with Gasteiger partial charge in [-0.1, -0.05) is 161 Å². The van der Waals surface area contributed by atoms with Crippen molar-refractivity contribution in [3.63, 3.8) is 0 Å². The Hall–Kier alpha value is -4.74. The predicted molar refractivity (Wildman–Crippen MR) is 348 cm³/mol. The molecule has 0 aromatic rings. The average Bonchev–Trinajstić information content (AvgIpc) is 4.06. The maximum absolute atomic E-state index is 11.7. The molecule has 0 radical (unpaired) electrons. The second-order valence-corrected chi connectivity index (χ2v) is 27.1. The molecule has 0 amide bonds. The highest BCUT2D eigenvalue weighted by Crippen LogP contribution is 2.47. The van der Waals surface area contributed by atoms with Crippen molar-refractivity contribution >= 4 is 35.8 Å². The van der Waals surface area contributed by atoms with E-state index in [2.05, 4.69) is 94.9 Å². The Kier molecular flexibility index (Phi) is 38.9. The summed E-state index contributed by atoms with van der Waals surface area (Å²) >= 11 is 0. The minimum absolute atomic E-state index is 0.00854. The molecule has 0 aliphatic heterocycles. The van der Waals surface area contributed by atoms with E-state index in [-0.39, 0.29) is 69.2 Å². The van der Waals surface area contributed by atoms with Crippen LogP contribution in [0.5, 0.6) is 0 Å². The monoisotopic (exact) mass is 1180 g/mol. The highest BCUT2D eigenvalue weighted by Gasteiger charge is 2.47. The van der Waals surface area contributed by atoms with Gasteiger partial charge in [-0.05, 0) is 190 Å². The zero-order valence-electron chi connectivity index (χ0n) is 58.2. The molecular weight excluding hydrogens is 1060 g/mol.